The van der Waals surface area contributed by atoms with Crippen LogP contribution in [0.3, 0.4) is 0 Å². The Morgan fingerprint density at radius 1 is 1.83 bits per heavy atom. The van der Waals surface area contributed by atoms with Crippen molar-refractivity contribution in [2.24, 2.45) is 5.41 Å². The van der Waals surface area contributed by atoms with Crippen molar-refractivity contribution in [3.63, 3.8) is 0 Å². The Balaban J connectivity index is 2.74. The minimum Gasteiger partial charge on any atom is -0.481 e. The molecule has 1 fully saturated rings. The van der Waals surface area contributed by atoms with Crippen LogP contribution in [0, 0.1) is 5.41 Å². The minimum absolute atomic E-state index is 0.559. The van der Waals surface area contributed by atoms with Gasteiger partial charge in [0.1, 0.15) is 0 Å². The van der Waals surface area contributed by atoms with E-state index in [0.717, 1.165) is 13.0 Å². The summed E-state index contributed by atoms with van der Waals surface area (Å²) < 4.78 is 0. The predicted octanol–water partition coefficient (Wildman–Crippen LogP) is 0.969. The standard InChI is InChI=1S/C9H15NO2/c1-3-4-9(8(11)12)5-6-10(2)7-9/h3H,1,4-7H2,2H3,(H,11,12). The van der Waals surface area contributed by atoms with Crippen LogP contribution >= 0.6 is 0 Å². The van der Waals surface area contributed by atoms with E-state index in [-0.39, 0.29) is 0 Å². The maximum absolute atomic E-state index is 11.0. The fraction of sp³-hybridized carbons (Fsp3) is 0.667. The SMILES string of the molecule is C=CCC1(C(=O)O)CCN(C)C1. The molecule has 0 aliphatic carbocycles. The highest BCUT2D eigenvalue weighted by molar-refractivity contribution is 5.75. The molecule has 3 nitrogen and oxygen atoms in total. The Kier molecular flexibility index (Phi) is 2.52. The molecule has 0 bridgehead atoms. The highest BCUT2D eigenvalue weighted by Gasteiger charge is 2.42. The lowest BCUT2D eigenvalue weighted by Gasteiger charge is -2.21. The third-order valence-corrected chi connectivity index (χ3v) is 2.53. The quantitative estimate of drug-likeness (QED) is 0.640. The number of carbonyl (C=O) groups is 1. The summed E-state index contributed by atoms with van der Waals surface area (Å²) in [5, 5.41) is 9.04. The number of hydrogen-bond acceptors (Lipinski definition) is 2. The number of nitrogens with zero attached hydrogens (tertiary/aromatic N) is 1. The highest BCUT2D eigenvalue weighted by atomic mass is 16.4. The first kappa shape index (κ1) is 9.26. The summed E-state index contributed by atoms with van der Waals surface area (Å²) in [6.07, 6.45) is 3.02. The zero-order valence-electron chi connectivity index (χ0n) is 7.42. The number of carboxylic acids is 1. The van der Waals surface area contributed by atoms with Crippen LogP contribution in [0.5, 0.6) is 0 Å². The average molecular weight is 169 g/mol. The van der Waals surface area contributed by atoms with Gasteiger partial charge in [-0.15, -0.1) is 6.58 Å². The number of hydrogen-bond donors (Lipinski definition) is 1. The number of aliphatic carboxylic acids is 1. The highest BCUT2D eigenvalue weighted by Crippen LogP contribution is 2.33. The van der Waals surface area contributed by atoms with Crippen molar-refractivity contribution in [1.29, 1.82) is 0 Å². The molecule has 1 unspecified atom stereocenters. The molecular formula is C9H15NO2. The molecule has 0 aromatic carbocycles. The van der Waals surface area contributed by atoms with E-state index in [2.05, 4.69) is 11.5 Å². The van der Waals surface area contributed by atoms with Crippen LogP contribution in [-0.4, -0.2) is 36.1 Å². The van der Waals surface area contributed by atoms with E-state index in [4.69, 9.17) is 5.11 Å². The first-order chi connectivity index (χ1) is 5.60. The van der Waals surface area contributed by atoms with Crippen molar-refractivity contribution in [3.05, 3.63) is 12.7 Å². The molecule has 12 heavy (non-hydrogen) atoms. The number of likely N-dealkylation sites (tertiary alicyclic amines) is 1. The van der Waals surface area contributed by atoms with E-state index < -0.39 is 11.4 Å². The summed E-state index contributed by atoms with van der Waals surface area (Å²) >= 11 is 0. The fourth-order valence-electron chi connectivity index (χ4n) is 1.78. The predicted molar refractivity (Wildman–Crippen MR) is 47.0 cm³/mol. The minimum atomic E-state index is -0.688. The van der Waals surface area contributed by atoms with Gasteiger partial charge in [0.05, 0.1) is 5.41 Å². The second-order valence-corrected chi connectivity index (χ2v) is 3.57. The Morgan fingerprint density at radius 2 is 2.50 bits per heavy atom. The van der Waals surface area contributed by atoms with Crippen molar-refractivity contribution >= 4 is 5.97 Å². The summed E-state index contributed by atoms with van der Waals surface area (Å²) in [5.74, 6) is -0.688. The largest absolute Gasteiger partial charge is 0.481 e. The molecule has 1 aliphatic heterocycles. The molecule has 0 spiro atoms. The van der Waals surface area contributed by atoms with Gasteiger partial charge in [-0.2, -0.15) is 0 Å². The van der Waals surface area contributed by atoms with E-state index in [1.54, 1.807) is 6.08 Å². The Bertz CT molecular complexity index is 203. The monoisotopic (exact) mass is 169 g/mol. The van der Waals surface area contributed by atoms with Crippen LogP contribution in [0.1, 0.15) is 12.8 Å². The smallest absolute Gasteiger partial charge is 0.311 e. The molecule has 68 valence electrons. The van der Waals surface area contributed by atoms with Gasteiger partial charge in [0.2, 0.25) is 0 Å². The van der Waals surface area contributed by atoms with E-state index in [1.165, 1.54) is 0 Å². The van der Waals surface area contributed by atoms with Gasteiger partial charge < -0.3 is 10.0 Å². The molecule has 1 atom stereocenters. The molecule has 0 amide bonds. The third kappa shape index (κ3) is 1.50. The first-order valence-electron chi connectivity index (χ1n) is 4.13. The molecule has 1 aliphatic rings. The summed E-state index contributed by atoms with van der Waals surface area (Å²) in [6, 6.07) is 0. The van der Waals surface area contributed by atoms with Crippen LogP contribution < -0.4 is 0 Å². The van der Waals surface area contributed by atoms with Crippen LogP contribution in [0.4, 0.5) is 0 Å². The van der Waals surface area contributed by atoms with Gasteiger partial charge in [-0.25, -0.2) is 0 Å². The van der Waals surface area contributed by atoms with E-state index >= 15 is 0 Å². The second kappa shape index (κ2) is 3.27. The maximum Gasteiger partial charge on any atom is 0.311 e. The van der Waals surface area contributed by atoms with Crippen LogP contribution in [0.2, 0.25) is 0 Å². The van der Waals surface area contributed by atoms with Gasteiger partial charge in [-0.05, 0) is 26.4 Å². The summed E-state index contributed by atoms with van der Waals surface area (Å²) in [4.78, 5) is 13.0. The molecule has 1 N–H and O–H groups in total. The first-order valence-corrected chi connectivity index (χ1v) is 4.13. The van der Waals surface area contributed by atoms with Gasteiger partial charge in [-0.1, -0.05) is 6.08 Å². The van der Waals surface area contributed by atoms with Gasteiger partial charge in [0, 0.05) is 6.54 Å². The normalized spacial score (nSPS) is 30.4. The number of carboxylic acid groups (broad SMARTS) is 1. The zero-order chi connectivity index (χ0) is 9.19. The summed E-state index contributed by atoms with van der Waals surface area (Å²) in [7, 11) is 1.95. The lowest BCUT2D eigenvalue weighted by molar-refractivity contribution is -0.148. The van der Waals surface area contributed by atoms with Crippen molar-refractivity contribution in [2.45, 2.75) is 12.8 Å². The van der Waals surface area contributed by atoms with Gasteiger partial charge in [0.15, 0.2) is 0 Å². The van der Waals surface area contributed by atoms with E-state index in [9.17, 15) is 4.79 Å². The molecular weight excluding hydrogens is 154 g/mol. The molecule has 3 heteroatoms. The Morgan fingerprint density at radius 3 is 2.83 bits per heavy atom. The second-order valence-electron chi connectivity index (χ2n) is 3.57. The van der Waals surface area contributed by atoms with Crippen LogP contribution in [0.25, 0.3) is 0 Å². The van der Waals surface area contributed by atoms with E-state index in [1.807, 2.05) is 7.05 Å². The molecule has 1 rings (SSSR count). The lowest BCUT2D eigenvalue weighted by Crippen LogP contribution is -2.33. The van der Waals surface area contributed by atoms with Gasteiger partial charge in [-0.3, -0.25) is 4.79 Å². The molecule has 0 radical (unpaired) electrons. The number of allylic oxidation sites excluding steroid dienone is 1. The van der Waals surface area contributed by atoms with Crippen molar-refractivity contribution in [2.75, 3.05) is 20.1 Å². The van der Waals surface area contributed by atoms with E-state index in [0.29, 0.717) is 13.0 Å². The van der Waals surface area contributed by atoms with Gasteiger partial charge in [0.25, 0.3) is 0 Å². The summed E-state index contributed by atoms with van der Waals surface area (Å²) in [6.45, 7) is 5.12. The summed E-state index contributed by atoms with van der Waals surface area (Å²) in [5.41, 5.74) is -0.559. The number of rotatable bonds is 3. The lowest BCUT2D eigenvalue weighted by atomic mass is 9.84. The van der Waals surface area contributed by atoms with Crippen LogP contribution in [-0.2, 0) is 4.79 Å². The Hall–Kier alpha value is -0.830. The molecule has 0 saturated carbocycles. The van der Waals surface area contributed by atoms with Crippen molar-refractivity contribution in [1.82, 2.24) is 4.90 Å². The Labute approximate surface area is 72.7 Å². The molecule has 1 heterocycles. The van der Waals surface area contributed by atoms with Gasteiger partial charge >= 0.3 is 5.97 Å². The average Bonchev–Trinajstić information content (AvgIpc) is 2.34. The third-order valence-electron chi connectivity index (χ3n) is 2.53. The van der Waals surface area contributed by atoms with Crippen molar-refractivity contribution in [3.8, 4) is 0 Å². The molecule has 0 aromatic heterocycles. The zero-order valence-corrected chi connectivity index (χ0v) is 7.42. The topological polar surface area (TPSA) is 40.5 Å². The maximum atomic E-state index is 11.0. The van der Waals surface area contributed by atoms with Crippen LogP contribution in [0.15, 0.2) is 12.7 Å². The fourth-order valence-corrected chi connectivity index (χ4v) is 1.78. The molecule has 1 saturated heterocycles. The molecule has 0 aromatic rings. The van der Waals surface area contributed by atoms with Crippen molar-refractivity contribution < 1.29 is 9.90 Å².